The number of carboxylic acids is 1. The molecule has 2 fully saturated rings. The number of esters is 1. The molecule has 0 saturated carbocycles. The van der Waals surface area contributed by atoms with E-state index in [0.717, 1.165) is 11.1 Å². The van der Waals surface area contributed by atoms with Gasteiger partial charge in [0.2, 0.25) is 0 Å². The number of nitrogens with one attached hydrogen (secondary N) is 1. The SMILES string of the molecule is C[C@@H]1[C@H](O)[C@@H](C)/C=C/C=C/C=C/C=C/C=C/C=C/C=C/[C@H](O[C@@H]2O[C@@H](C)[C@@H](O)[C@H](NCc3ccc(C(C)(C)C)cc3)[C@@H]2O)C[C@@H]2O[C@](O)(C[C@@H](O)C[C@@H](O)[C@H](O)CC[C@@H](O)C[C@@H](O)CC(=O)O[C@H]1C)C[C@H](O)[C@H]2C(=O)O. The number of rotatable bonds is 6. The van der Waals surface area contributed by atoms with Gasteiger partial charge in [0.15, 0.2) is 12.1 Å². The Kier molecular flexibility index (Phi) is 26.1. The summed E-state index contributed by atoms with van der Waals surface area (Å²) in [4.78, 5) is 25.4. The molecular formula is C58H87NO17. The molecule has 0 amide bonds. The van der Waals surface area contributed by atoms with E-state index in [1.165, 1.54) is 0 Å². The highest BCUT2D eigenvalue weighted by Gasteiger charge is 2.51. The highest BCUT2D eigenvalue weighted by Crippen LogP contribution is 2.38. The fourth-order valence-electron chi connectivity index (χ4n) is 9.54. The van der Waals surface area contributed by atoms with Crippen LogP contribution in [0.15, 0.2) is 109 Å². The molecule has 19 atom stereocenters. The number of carboxylic acid groups (broad SMARTS) is 1. The van der Waals surface area contributed by atoms with Crippen LogP contribution in [-0.4, -0.2) is 166 Å². The Morgan fingerprint density at radius 1 is 0.671 bits per heavy atom. The summed E-state index contributed by atoms with van der Waals surface area (Å²) in [5.41, 5.74) is 1.99. The van der Waals surface area contributed by atoms with Crippen molar-refractivity contribution in [1.82, 2.24) is 5.32 Å². The van der Waals surface area contributed by atoms with Gasteiger partial charge >= 0.3 is 11.9 Å². The number of carbonyl (C=O) groups is 2. The maximum absolute atomic E-state index is 12.7. The molecule has 0 spiro atoms. The Balaban J connectivity index is 1.58. The average molecular weight is 1070 g/mol. The van der Waals surface area contributed by atoms with E-state index < -0.39 is 147 Å². The first-order valence-electron chi connectivity index (χ1n) is 26.6. The van der Waals surface area contributed by atoms with E-state index in [1.54, 1.807) is 75.5 Å². The zero-order valence-corrected chi connectivity index (χ0v) is 45.0. The smallest absolute Gasteiger partial charge is 0.311 e. The molecule has 0 unspecified atom stereocenters. The van der Waals surface area contributed by atoms with Gasteiger partial charge in [0.1, 0.15) is 18.1 Å². The van der Waals surface area contributed by atoms with Gasteiger partial charge in [-0.05, 0) is 49.7 Å². The van der Waals surface area contributed by atoms with Crippen molar-refractivity contribution in [2.45, 2.75) is 209 Å². The second-order valence-corrected chi connectivity index (χ2v) is 21.8. The number of aliphatic carboxylic acids is 1. The lowest BCUT2D eigenvalue weighted by Crippen LogP contribution is -2.63. The molecule has 1 aromatic rings. The number of benzene rings is 1. The molecule has 12 N–H and O–H groups in total. The predicted octanol–water partition coefficient (Wildman–Crippen LogP) is 3.84. The van der Waals surface area contributed by atoms with Crippen LogP contribution in [0.2, 0.25) is 0 Å². The summed E-state index contributed by atoms with van der Waals surface area (Å²) >= 11 is 0. The number of aliphatic hydroxyl groups is 10. The fourth-order valence-corrected chi connectivity index (χ4v) is 9.54. The van der Waals surface area contributed by atoms with Crippen LogP contribution in [-0.2, 0) is 40.5 Å². The Labute approximate surface area is 448 Å². The minimum absolute atomic E-state index is 0.0569. The third kappa shape index (κ3) is 20.9. The Bertz CT molecular complexity index is 2130. The van der Waals surface area contributed by atoms with Crippen LogP contribution < -0.4 is 5.32 Å². The van der Waals surface area contributed by atoms with Crippen molar-refractivity contribution >= 4 is 11.9 Å². The minimum Gasteiger partial charge on any atom is -0.481 e. The molecular weight excluding hydrogens is 983 g/mol. The Hall–Kier alpha value is -4.22. The summed E-state index contributed by atoms with van der Waals surface area (Å²) in [6.07, 6.45) is 3.76. The van der Waals surface area contributed by atoms with E-state index in [2.05, 4.69) is 26.1 Å². The molecule has 1 aromatic carbocycles. The summed E-state index contributed by atoms with van der Waals surface area (Å²) in [6, 6.07) is 7.05. The number of hydrogen-bond acceptors (Lipinski definition) is 17. The second kappa shape index (κ2) is 30.8. The Morgan fingerprint density at radius 2 is 1.25 bits per heavy atom. The van der Waals surface area contributed by atoms with Crippen LogP contribution in [0.4, 0.5) is 0 Å². The molecule has 0 aromatic heterocycles. The maximum atomic E-state index is 12.7. The monoisotopic (exact) mass is 1070 g/mol. The van der Waals surface area contributed by atoms with Gasteiger partial charge < -0.3 is 80.4 Å². The maximum Gasteiger partial charge on any atom is 0.311 e. The first-order chi connectivity index (χ1) is 35.8. The summed E-state index contributed by atoms with van der Waals surface area (Å²) in [6.45, 7) is 13.5. The minimum atomic E-state index is -2.34. The standard InChI is InChI=1S/C58H87NO17/c1-35-20-18-16-14-12-10-8-9-11-13-15-17-19-21-44(75-56-54(69)51(53(68)38(4)74-56)59-34-39-22-24-40(25-23-39)57(5,6)7)31-48-50(55(70)71)47(65)33-58(72,76-48)32-43(62)29-46(64)45(63)27-26-41(60)28-42(61)30-49(66)73-37(3)36(2)52(35)67/h8-25,35-38,41-48,50-54,56,59-65,67-69,72H,26-34H2,1-7H3,(H,70,71)/b9-8+,12-10+,13-11+,16-14+,17-15+,20-18+,21-19+/t35-,36-,37-,38-,41+,42+,43-,44-,45+,46+,47-,48-,50+,51-,52+,53+,54-,56-,58+/m0/s1. The van der Waals surface area contributed by atoms with Crippen molar-refractivity contribution in [3.63, 3.8) is 0 Å². The highest BCUT2D eigenvalue weighted by molar-refractivity contribution is 5.71. The number of ether oxygens (including phenoxy) is 4. The lowest BCUT2D eigenvalue weighted by molar-refractivity contribution is -0.309. The van der Waals surface area contributed by atoms with Crippen molar-refractivity contribution in [3.05, 3.63) is 120 Å². The van der Waals surface area contributed by atoms with Crippen molar-refractivity contribution in [1.29, 1.82) is 0 Å². The molecule has 4 rings (SSSR count). The summed E-state index contributed by atoms with van der Waals surface area (Å²) in [5, 5.41) is 124. The second-order valence-electron chi connectivity index (χ2n) is 21.8. The zero-order chi connectivity index (χ0) is 56.3. The summed E-state index contributed by atoms with van der Waals surface area (Å²) in [7, 11) is 0. The number of carbonyl (C=O) groups excluding carboxylic acids is 1. The largest absolute Gasteiger partial charge is 0.481 e. The van der Waals surface area contributed by atoms with Crippen LogP contribution in [0.3, 0.4) is 0 Å². The van der Waals surface area contributed by atoms with Gasteiger partial charge in [-0.1, -0.05) is 144 Å². The van der Waals surface area contributed by atoms with Crippen molar-refractivity contribution in [2.24, 2.45) is 17.8 Å². The van der Waals surface area contributed by atoms with Crippen molar-refractivity contribution in [3.8, 4) is 0 Å². The number of fused-ring (bicyclic) bond motifs is 2. The van der Waals surface area contributed by atoms with Crippen LogP contribution in [0, 0.1) is 17.8 Å². The molecule has 18 heteroatoms. The van der Waals surface area contributed by atoms with Gasteiger partial charge in [-0.15, -0.1) is 0 Å². The molecule has 0 radical (unpaired) electrons. The van der Waals surface area contributed by atoms with E-state index in [0.29, 0.717) is 6.54 Å². The van der Waals surface area contributed by atoms with Gasteiger partial charge in [-0.2, -0.15) is 0 Å². The van der Waals surface area contributed by atoms with E-state index in [9.17, 15) is 65.8 Å². The fraction of sp³-hybridized carbons (Fsp3) is 0.621. The number of cyclic esters (lactones) is 1. The van der Waals surface area contributed by atoms with Gasteiger partial charge in [0, 0.05) is 44.1 Å². The highest BCUT2D eigenvalue weighted by atomic mass is 16.7. The molecule has 426 valence electrons. The van der Waals surface area contributed by atoms with E-state index in [4.69, 9.17) is 18.9 Å². The molecule has 18 nitrogen and oxygen atoms in total. The predicted molar refractivity (Wildman–Crippen MR) is 285 cm³/mol. The molecule has 3 aliphatic heterocycles. The number of hydrogen-bond donors (Lipinski definition) is 12. The average Bonchev–Trinajstić information content (AvgIpc) is 3.33. The zero-order valence-electron chi connectivity index (χ0n) is 45.0. The van der Waals surface area contributed by atoms with Crippen LogP contribution in [0.25, 0.3) is 0 Å². The first kappa shape index (κ1) is 64.3. The van der Waals surface area contributed by atoms with E-state index in [-0.39, 0.29) is 37.0 Å². The van der Waals surface area contributed by atoms with Crippen molar-refractivity contribution in [2.75, 3.05) is 0 Å². The molecule has 0 aliphatic carbocycles. The van der Waals surface area contributed by atoms with Gasteiger partial charge in [-0.25, -0.2) is 0 Å². The quantitative estimate of drug-likeness (QED) is 0.180. The molecule has 76 heavy (non-hydrogen) atoms. The van der Waals surface area contributed by atoms with Crippen LogP contribution in [0.1, 0.15) is 111 Å². The van der Waals surface area contributed by atoms with Gasteiger partial charge in [0.25, 0.3) is 0 Å². The number of aliphatic hydroxyl groups excluding tert-OH is 9. The summed E-state index contributed by atoms with van der Waals surface area (Å²) in [5.74, 6) is -6.86. The summed E-state index contributed by atoms with van der Waals surface area (Å²) < 4.78 is 23.9. The van der Waals surface area contributed by atoms with Gasteiger partial charge in [-0.3, -0.25) is 9.59 Å². The van der Waals surface area contributed by atoms with Crippen LogP contribution in [0.5, 0.6) is 0 Å². The first-order valence-corrected chi connectivity index (χ1v) is 26.6. The van der Waals surface area contributed by atoms with Gasteiger partial charge in [0.05, 0.1) is 79.6 Å². The third-order valence-corrected chi connectivity index (χ3v) is 14.3. The lowest BCUT2D eigenvalue weighted by Gasteiger charge is -2.45. The van der Waals surface area contributed by atoms with Crippen molar-refractivity contribution < 1.29 is 84.7 Å². The van der Waals surface area contributed by atoms with E-state index >= 15 is 0 Å². The lowest BCUT2D eigenvalue weighted by atomic mass is 9.82. The topological polar surface area (TPSA) is 306 Å². The number of allylic oxidation sites excluding steroid dienone is 12. The molecule has 3 heterocycles. The molecule has 2 saturated heterocycles. The normalized spacial score (nSPS) is 40.8. The molecule has 3 aliphatic rings. The Morgan fingerprint density at radius 3 is 1.83 bits per heavy atom. The van der Waals surface area contributed by atoms with E-state index in [1.807, 2.05) is 61.6 Å². The molecule has 2 bridgehead atoms. The third-order valence-electron chi connectivity index (χ3n) is 14.3. The van der Waals surface area contributed by atoms with Crippen LogP contribution >= 0.6 is 0 Å².